The molecule has 2 aromatic carbocycles. The van der Waals surface area contributed by atoms with Crippen molar-refractivity contribution >= 4 is 5.97 Å². The van der Waals surface area contributed by atoms with E-state index < -0.39 is 5.97 Å². The fraction of sp³-hybridized carbons (Fsp3) is 0.0588. The highest BCUT2D eigenvalue weighted by Crippen LogP contribution is 2.28. The van der Waals surface area contributed by atoms with E-state index in [-0.39, 0.29) is 5.56 Å². The van der Waals surface area contributed by atoms with Crippen LogP contribution in [-0.4, -0.2) is 16.1 Å². The monoisotopic (exact) mass is 279 g/mol. The van der Waals surface area contributed by atoms with Crippen molar-refractivity contribution in [2.24, 2.45) is 0 Å². The number of benzene rings is 2. The van der Waals surface area contributed by atoms with Crippen LogP contribution in [0.3, 0.4) is 0 Å². The van der Waals surface area contributed by atoms with Gasteiger partial charge in [-0.05, 0) is 36.8 Å². The summed E-state index contributed by atoms with van der Waals surface area (Å²) in [6, 6.07) is 14.4. The number of oxazole rings is 1. The van der Waals surface area contributed by atoms with Crippen molar-refractivity contribution in [1.82, 2.24) is 4.98 Å². The largest absolute Gasteiger partial charge is 0.478 e. The van der Waals surface area contributed by atoms with E-state index in [1.54, 1.807) is 18.3 Å². The topological polar surface area (TPSA) is 63.3 Å². The van der Waals surface area contributed by atoms with Gasteiger partial charge in [0.25, 0.3) is 0 Å². The Bertz CT molecular complexity index is 788. The molecule has 0 saturated carbocycles. The van der Waals surface area contributed by atoms with Gasteiger partial charge in [-0.1, -0.05) is 24.3 Å². The highest BCUT2D eigenvalue weighted by atomic mass is 16.4. The molecule has 0 aliphatic rings. The minimum absolute atomic E-state index is 0.240. The average Bonchev–Trinajstić information content (AvgIpc) is 2.97. The SMILES string of the molecule is Cc1ccccc1-c1cnc(-c2ccc(C(=O)O)cc2)o1. The second-order valence-electron chi connectivity index (χ2n) is 4.73. The predicted octanol–water partition coefficient (Wildman–Crippen LogP) is 4.02. The Morgan fingerprint density at radius 3 is 2.48 bits per heavy atom. The van der Waals surface area contributed by atoms with Crippen LogP contribution in [0.25, 0.3) is 22.8 Å². The molecule has 104 valence electrons. The van der Waals surface area contributed by atoms with Gasteiger partial charge in [-0.2, -0.15) is 0 Å². The molecule has 4 heteroatoms. The lowest BCUT2D eigenvalue weighted by Gasteiger charge is -2.01. The number of nitrogens with zero attached hydrogens (tertiary/aromatic N) is 1. The third-order valence-corrected chi connectivity index (χ3v) is 3.30. The number of aromatic carboxylic acids is 1. The van der Waals surface area contributed by atoms with Gasteiger partial charge in [-0.15, -0.1) is 0 Å². The van der Waals surface area contributed by atoms with Crippen molar-refractivity contribution in [3.8, 4) is 22.8 Å². The van der Waals surface area contributed by atoms with Crippen molar-refractivity contribution in [3.63, 3.8) is 0 Å². The summed E-state index contributed by atoms with van der Waals surface area (Å²) in [5, 5.41) is 8.89. The van der Waals surface area contributed by atoms with Crippen molar-refractivity contribution in [3.05, 3.63) is 65.9 Å². The first-order valence-corrected chi connectivity index (χ1v) is 6.51. The van der Waals surface area contributed by atoms with Crippen molar-refractivity contribution < 1.29 is 14.3 Å². The van der Waals surface area contributed by atoms with Crippen LogP contribution >= 0.6 is 0 Å². The number of rotatable bonds is 3. The quantitative estimate of drug-likeness (QED) is 0.786. The van der Waals surface area contributed by atoms with E-state index in [4.69, 9.17) is 9.52 Å². The lowest BCUT2D eigenvalue weighted by atomic mass is 10.1. The van der Waals surface area contributed by atoms with E-state index in [1.807, 2.05) is 31.2 Å². The molecule has 1 heterocycles. The van der Waals surface area contributed by atoms with Crippen LogP contribution in [0, 0.1) is 6.92 Å². The van der Waals surface area contributed by atoms with Crippen molar-refractivity contribution in [2.45, 2.75) is 6.92 Å². The van der Waals surface area contributed by atoms with Crippen LogP contribution < -0.4 is 0 Å². The first-order valence-electron chi connectivity index (χ1n) is 6.51. The molecule has 3 rings (SSSR count). The molecule has 0 saturated heterocycles. The third-order valence-electron chi connectivity index (χ3n) is 3.30. The van der Waals surface area contributed by atoms with Gasteiger partial charge in [-0.25, -0.2) is 9.78 Å². The molecule has 1 aromatic heterocycles. The van der Waals surface area contributed by atoms with Gasteiger partial charge in [-0.3, -0.25) is 0 Å². The molecule has 0 spiro atoms. The maximum Gasteiger partial charge on any atom is 0.335 e. The van der Waals surface area contributed by atoms with Crippen molar-refractivity contribution in [2.75, 3.05) is 0 Å². The van der Waals surface area contributed by atoms with Crippen LogP contribution in [-0.2, 0) is 0 Å². The molecule has 1 N–H and O–H groups in total. The van der Waals surface area contributed by atoms with Gasteiger partial charge in [0.05, 0.1) is 11.8 Å². The molecule has 0 bridgehead atoms. The standard InChI is InChI=1S/C17H13NO3/c1-11-4-2-3-5-14(11)15-10-18-16(21-15)12-6-8-13(9-7-12)17(19)20/h2-10H,1H3,(H,19,20). The zero-order valence-electron chi connectivity index (χ0n) is 11.4. The molecule has 0 atom stereocenters. The van der Waals surface area contributed by atoms with E-state index in [0.717, 1.165) is 16.7 Å². The maximum absolute atomic E-state index is 10.8. The molecule has 3 aromatic rings. The molecule has 0 aliphatic heterocycles. The number of carbonyl (C=O) groups is 1. The molecular formula is C17H13NO3. The summed E-state index contributed by atoms with van der Waals surface area (Å²) in [5.41, 5.74) is 3.10. The first kappa shape index (κ1) is 13.1. The number of carboxylic acid groups (broad SMARTS) is 1. The highest BCUT2D eigenvalue weighted by Gasteiger charge is 2.11. The Balaban J connectivity index is 1.95. The zero-order chi connectivity index (χ0) is 14.8. The fourth-order valence-corrected chi connectivity index (χ4v) is 2.14. The Labute approximate surface area is 121 Å². The Morgan fingerprint density at radius 1 is 1.10 bits per heavy atom. The highest BCUT2D eigenvalue weighted by molar-refractivity contribution is 5.88. The summed E-state index contributed by atoms with van der Waals surface area (Å²) in [5.74, 6) is 0.227. The van der Waals surface area contributed by atoms with Crippen LogP contribution in [0.5, 0.6) is 0 Å². The van der Waals surface area contributed by atoms with Crippen molar-refractivity contribution in [1.29, 1.82) is 0 Å². The molecule has 0 fully saturated rings. The molecule has 21 heavy (non-hydrogen) atoms. The first-order chi connectivity index (χ1) is 10.1. The number of hydrogen-bond donors (Lipinski definition) is 1. The molecule has 4 nitrogen and oxygen atoms in total. The number of carboxylic acids is 1. The number of aromatic nitrogens is 1. The van der Waals surface area contributed by atoms with Gasteiger partial charge >= 0.3 is 5.97 Å². The molecule has 0 aliphatic carbocycles. The van der Waals surface area contributed by atoms with Gasteiger partial charge in [0.2, 0.25) is 5.89 Å². The van der Waals surface area contributed by atoms with Gasteiger partial charge in [0.1, 0.15) is 0 Å². The Morgan fingerprint density at radius 2 is 1.81 bits per heavy atom. The van der Waals surface area contributed by atoms with E-state index in [0.29, 0.717) is 11.7 Å². The molecule has 0 amide bonds. The zero-order valence-corrected chi connectivity index (χ0v) is 11.4. The van der Waals surface area contributed by atoms with Gasteiger partial charge in [0, 0.05) is 11.1 Å². The average molecular weight is 279 g/mol. The summed E-state index contributed by atoms with van der Waals surface area (Å²) in [6.45, 7) is 2.01. The fourth-order valence-electron chi connectivity index (χ4n) is 2.14. The normalized spacial score (nSPS) is 10.5. The van der Waals surface area contributed by atoms with Gasteiger partial charge < -0.3 is 9.52 Å². The lowest BCUT2D eigenvalue weighted by Crippen LogP contribution is -1.94. The summed E-state index contributed by atoms with van der Waals surface area (Å²) in [6.07, 6.45) is 1.68. The number of hydrogen-bond acceptors (Lipinski definition) is 3. The Hall–Kier alpha value is -2.88. The Kier molecular flexibility index (Phi) is 3.28. The van der Waals surface area contributed by atoms with E-state index in [1.165, 1.54) is 12.1 Å². The summed E-state index contributed by atoms with van der Waals surface area (Å²) >= 11 is 0. The molecular weight excluding hydrogens is 266 g/mol. The van der Waals surface area contributed by atoms with Crippen LogP contribution in [0.1, 0.15) is 15.9 Å². The van der Waals surface area contributed by atoms with Crippen LogP contribution in [0.15, 0.2) is 59.1 Å². The summed E-state index contributed by atoms with van der Waals surface area (Å²) in [7, 11) is 0. The maximum atomic E-state index is 10.8. The number of aryl methyl sites for hydroxylation is 1. The predicted molar refractivity (Wildman–Crippen MR) is 79.1 cm³/mol. The second-order valence-corrected chi connectivity index (χ2v) is 4.73. The third kappa shape index (κ3) is 2.56. The van der Waals surface area contributed by atoms with E-state index in [2.05, 4.69) is 4.98 Å². The summed E-state index contributed by atoms with van der Waals surface area (Å²) < 4.78 is 5.78. The van der Waals surface area contributed by atoms with Crippen LogP contribution in [0.4, 0.5) is 0 Å². The smallest absolute Gasteiger partial charge is 0.335 e. The minimum Gasteiger partial charge on any atom is -0.478 e. The molecule has 0 radical (unpaired) electrons. The lowest BCUT2D eigenvalue weighted by molar-refractivity contribution is 0.0697. The van der Waals surface area contributed by atoms with Gasteiger partial charge in [0.15, 0.2) is 5.76 Å². The van der Waals surface area contributed by atoms with Crippen LogP contribution in [0.2, 0.25) is 0 Å². The molecule has 0 unspecified atom stereocenters. The minimum atomic E-state index is -0.949. The van der Waals surface area contributed by atoms with E-state index >= 15 is 0 Å². The van der Waals surface area contributed by atoms with E-state index in [9.17, 15) is 4.79 Å². The summed E-state index contributed by atoms with van der Waals surface area (Å²) in [4.78, 5) is 15.1. The second kappa shape index (κ2) is 5.25.